The monoisotopic (exact) mass is 276 g/mol. The molecule has 0 bridgehead atoms. The first kappa shape index (κ1) is 18.2. The van der Waals surface area contributed by atoms with Crippen LogP contribution in [-0.4, -0.2) is 26.2 Å². The highest BCUT2D eigenvalue weighted by Gasteiger charge is 2.24. The zero-order valence-electron chi connectivity index (χ0n) is 9.04. The van der Waals surface area contributed by atoms with E-state index in [-0.39, 0.29) is 37.2 Å². The number of halogens is 3. The Balaban J connectivity index is 0. The van der Waals surface area contributed by atoms with Gasteiger partial charge in [0.25, 0.3) is 0 Å². The first-order chi connectivity index (χ1) is 5.97. The number of rotatable bonds is 1. The molecule has 2 aliphatic rings. The molecule has 2 fully saturated rings. The zero-order chi connectivity index (χ0) is 8.23. The van der Waals surface area contributed by atoms with E-state index in [1.54, 1.807) is 0 Å². The third-order valence-electron chi connectivity index (χ3n) is 3.43. The highest BCUT2D eigenvalue weighted by molar-refractivity contribution is 5.86. The van der Waals surface area contributed by atoms with Gasteiger partial charge in [-0.1, -0.05) is 0 Å². The maximum Gasteiger partial charge on any atom is -0.00462 e. The normalized spacial score (nSPS) is 23.2. The van der Waals surface area contributed by atoms with Crippen LogP contribution in [0.5, 0.6) is 0 Å². The summed E-state index contributed by atoms with van der Waals surface area (Å²) in [7, 11) is 0. The molecule has 0 spiro atoms. The Morgan fingerprint density at radius 1 is 0.533 bits per heavy atom. The van der Waals surface area contributed by atoms with Gasteiger partial charge in [-0.05, 0) is 63.7 Å². The van der Waals surface area contributed by atoms with E-state index in [0.717, 1.165) is 11.8 Å². The lowest BCUT2D eigenvalue weighted by atomic mass is 9.80. The van der Waals surface area contributed by atoms with Gasteiger partial charge in [0.15, 0.2) is 0 Å². The first-order valence-corrected chi connectivity index (χ1v) is 5.38. The summed E-state index contributed by atoms with van der Waals surface area (Å²) in [4.78, 5) is 0. The van der Waals surface area contributed by atoms with Crippen LogP contribution in [0.3, 0.4) is 0 Å². The highest BCUT2D eigenvalue weighted by atomic mass is 35.5. The van der Waals surface area contributed by atoms with Crippen LogP contribution in [-0.2, 0) is 0 Å². The van der Waals surface area contributed by atoms with Crippen molar-refractivity contribution in [1.82, 2.24) is 10.6 Å². The first-order valence-electron chi connectivity index (χ1n) is 5.38. The summed E-state index contributed by atoms with van der Waals surface area (Å²) in [5, 5.41) is 6.88. The minimum atomic E-state index is 0. The molecule has 2 nitrogen and oxygen atoms in total. The molecular formula is C10H23Cl3N2. The standard InChI is InChI=1S/C10H20N2.3ClH/c1-5-11-6-2-9(1)10-3-7-12-8-4-10;;;/h9-12H,1-8H2;3*1H. The SMILES string of the molecule is C1CC(C2CCNCC2)CCN1.Cl.Cl.Cl. The molecule has 2 heterocycles. The van der Waals surface area contributed by atoms with Crippen LogP contribution < -0.4 is 10.6 Å². The summed E-state index contributed by atoms with van der Waals surface area (Å²) in [5.41, 5.74) is 0. The van der Waals surface area contributed by atoms with Crippen molar-refractivity contribution in [2.24, 2.45) is 11.8 Å². The van der Waals surface area contributed by atoms with Crippen LogP contribution in [0.4, 0.5) is 0 Å². The predicted octanol–water partition coefficient (Wildman–Crippen LogP) is 2.25. The van der Waals surface area contributed by atoms with Gasteiger partial charge in [0.1, 0.15) is 0 Å². The zero-order valence-corrected chi connectivity index (χ0v) is 11.5. The highest BCUT2D eigenvalue weighted by Crippen LogP contribution is 2.28. The van der Waals surface area contributed by atoms with Crippen LogP contribution >= 0.6 is 37.2 Å². The summed E-state index contributed by atoms with van der Waals surface area (Å²) in [6.07, 6.45) is 5.69. The van der Waals surface area contributed by atoms with Gasteiger partial charge in [0, 0.05) is 0 Å². The van der Waals surface area contributed by atoms with Gasteiger partial charge in [0.2, 0.25) is 0 Å². The Hall–Kier alpha value is 0.790. The van der Waals surface area contributed by atoms with Crippen LogP contribution in [0, 0.1) is 11.8 Å². The average Bonchev–Trinajstić information content (AvgIpc) is 2.21. The molecule has 0 aromatic rings. The Kier molecular flexibility index (Phi) is 12.1. The molecule has 0 unspecified atom stereocenters. The topological polar surface area (TPSA) is 24.1 Å². The molecule has 0 aliphatic carbocycles. The van der Waals surface area contributed by atoms with Gasteiger partial charge < -0.3 is 10.6 Å². The average molecular weight is 278 g/mol. The lowest BCUT2D eigenvalue weighted by Gasteiger charge is -2.33. The largest absolute Gasteiger partial charge is 0.317 e. The van der Waals surface area contributed by atoms with E-state index in [1.165, 1.54) is 51.9 Å². The molecule has 2 aliphatic heterocycles. The molecule has 0 saturated carbocycles. The Bertz CT molecular complexity index is 119. The molecule has 94 valence electrons. The van der Waals surface area contributed by atoms with Gasteiger partial charge in [-0.2, -0.15) is 0 Å². The fraction of sp³-hybridized carbons (Fsp3) is 1.00. The third kappa shape index (κ3) is 5.60. The van der Waals surface area contributed by atoms with Crippen molar-refractivity contribution in [3.05, 3.63) is 0 Å². The van der Waals surface area contributed by atoms with Crippen LogP contribution in [0.2, 0.25) is 0 Å². The van der Waals surface area contributed by atoms with Gasteiger partial charge in [-0.3, -0.25) is 0 Å². The number of nitrogens with one attached hydrogen (secondary N) is 2. The minimum absolute atomic E-state index is 0. The van der Waals surface area contributed by atoms with E-state index < -0.39 is 0 Å². The molecule has 0 aromatic carbocycles. The van der Waals surface area contributed by atoms with Gasteiger partial charge >= 0.3 is 0 Å². The van der Waals surface area contributed by atoms with Crippen molar-refractivity contribution in [2.75, 3.05) is 26.2 Å². The summed E-state index contributed by atoms with van der Waals surface area (Å²) >= 11 is 0. The van der Waals surface area contributed by atoms with E-state index >= 15 is 0 Å². The van der Waals surface area contributed by atoms with Crippen molar-refractivity contribution in [2.45, 2.75) is 25.7 Å². The quantitative estimate of drug-likeness (QED) is 0.768. The second-order valence-electron chi connectivity index (χ2n) is 4.17. The van der Waals surface area contributed by atoms with E-state index in [2.05, 4.69) is 10.6 Å². The summed E-state index contributed by atoms with van der Waals surface area (Å²) in [6, 6.07) is 0. The number of hydrogen-bond donors (Lipinski definition) is 2. The predicted molar refractivity (Wildman–Crippen MR) is 72.9 cm³/mol. The maximum atomic E-state index is 3.44. The van der Waals surface area contributed by atoms with Crippen molar-refractivity contribution in [3.63, 3.8) is 0 Å². The van der Waals surface area contributed by atoms with Crippen molar-refractivity contribution in [3.8, 4) is 0 Å². The fourth-order valence-electron chi connectivity index (χ4n) is 2.63. The Morgan fingerprint density at radius 3 is 1.07 bits per heavy atom. The molecule has 0 radical (unpaired) electrons. The van der Waals surface area contributed by atoms with Crippen LogP contribution in [0.15, 0.2) is 0 Å². The second kappa shape index (κ2) is 9.98. The van der Waals surface area contributed by atoms with Crippen molar-refractivity contribution < 1.29 is 0 Å². The van der Waals surface area contributed by atoms with E-state index in [1.807, 2.05) is 0 Å². The molecule has 2 saturated heterocycles. The van der Waals surface area contributed by atoms with E-state index in [9.17, 15) is 0 Å². The summed E-state index contributed by atoms with van der Waals surface area (Å²) < 4.78 is 0. The second-order valence-corrected chi connectivity index (χ2v) is 4.17. The number of hydrogen-bond acceptors (Lipinski definition) is 2. The molecule has 2 rings (SSSR count). The molecule has 15 heavy (non-hydrogen) atoms. The van der Waals surface area contributed by atoms with Crippen molar-refractivity contribution in [1.29, 1.82) is 0 Å². The molecule has 5 heteroatoms. The Morgan fingerprint density at radius 2 is 0.800 bits per heavy atom. The molecule has 0 aromatic heterocycles. The lowest BCUT2D eigenvalue weighted by Crippen LogP contribution is -2.37. The summed E-state index contributed by atoms with van der Waals surface area (Å²) in [6.45, 7) is 5.03. The van der Waals surface area contributed by atoms with Gasteiger partial charge in [-0.15, -0.1) is 37.2 Å². The molecule has 2 N–H and O–H groups in total. The fourth-order valence-corrected chi connectivity index (χ4v) is 2.63. The van der Waals surface area contributed by atoms with Crippen LogP contribution in [0.1, 0.15) is 25.7 Å². The van der Waals surface area contributed by atoms with Gasteiger partial charge in [0.05, 0.1) is 0 Å². The van der Waals surface area contributed by atoms with Gasteiger partial charge in [-0.25, -0.2) is 0 Å². The third-order valence-corrected chi connectivity index (χ3v) is 3.43. The lowest BCUT2D eigenvalue weighted by molar-refractivity contribution is 0.212. The van der Waals surface area contributed by atoms with Crippen molar-refractivity contribution >= 4 is 37.2 Å². The molecule has 0 atom stereocenters. The maximum absolute atomic E-state index is 3.44. The minimum Gasteiger partial charge on any atom is -0.317 e. The number of piperidine rings is 2. The molecular weight excluding hydrogens is 254 g/mol. The van der Waals surface area contributed by atoms with Crippen LogP contribution in [0.25, 0.3) is 0 Å². The molecule has 0 amide bonds. The summed E-state index contributed by atoms with van der Waals surface area (Å²) in [5.74, 6) is 2.07. The van der Waals surface area contributed by atoms with E-state index in [0.29, 0.717) is 0 Å². The smallest absolute Gasteiger partial charge is 0.00462 e. The Labute approximate surface area is 112 Å². The van der Waals surface area contributed by atoms with E-state index in [4.69, 9.17) is 0 Å².